The van der Waals surface area contributed by atoms with Crippen LogP contribution in [0.25, 0.3) is 0 Å². The van der Waals surface area contributed by atoms with Gasteiger partial charge in [0.1, 0.15) is 0 Å². The van der Waals surface area contributed by atoms with E-state index in [2.05, 4.69) is 0 Å². The average Bonchev–Trinajstić information content (AvgIpc) is 2.74. The van der Waals surface area contributed by atoms with Gasteiger partial charge in [0.2, 0.25) is 5.91 Å². The highest BCUT2D eigenvalue weighted by Gasteiger charge is 2.49. The molecule has 0 aromatic rings. The third kappa shape index (κ3) is 2.92. The molecular weight excluding hydrogens is 267 g/mol. The Hall–Kier alpha value is -0.450. The van der Waals surface area contributed by atoms with E-state index in [9.17, 15) is 18.0 Å². The topological polar surface area (TPSA) is 20.3 Å². The van der Waals surface area contributed by atoms with Crippen molar-refractivity contribution in [3.63, 3.8) is 0 Å². The molecule has 104 valence electrons. The van der Waals surface area contributed by atoms with Crippen molar-refractivity contribution >= 4 is 17.5 Å². The third-order valence-corrected chi connectivity index (χ3v) is 4.30. The Morgan fingerprint density at radius 1 is 1.17 bits per heavy atom. The molecule has 2 fully saturated rings. The van der Waals surface area contributed by atoms with Crippen molar-refractivity contribution in [2.75, 3.05) is 13.1 Å². The summed E-state index contributed by atoms with van der Waals surface area (Å²) in [4.78, 5) is 13.7. The first-order chi connectivity index (χ1) is 8.39. The van der Waals surface area contributed by atoms with E-state index in [0.29, 0.717) is 38.8 Å². The second-order valence-electron chi connectivity index (χ2n) is 5.21. The molecule has 1 saturated heterocycles. The van der Waals surface area contributed by atoms with E-state index in [1.807, 2.05) is 0 Å². The molecule has 0 aromatic heterocycles. The minimum Gasteiger partial charge on any atom is -0.341 e. The van der Waals surface area contributed by atoms with Gasteiger partial charge in [-0.05, 0) is 19.3 Å². The summed E-state index contributed by atoms with van der Waals surface area (Å²) in [7, 11) is 0. The molecule has 0 aromatic carbocycles. The van der Waals surface area contributed by atoms with Crippen LogP contribution < -0.4 is 0 Å². The number of rotatable bonds is 1. The van der Waals surface area contributed by atoms with Crippen molar-refractivity contribution < 1.29 is 18.0 Å². The van der Waals surface area contributed by atoms with Gasteiger partial charge in [-0.1, -0.05) is 12.8 Å². The van der Waals surface area contributed by atoms with Crippen molar-refractivity contribution in [3.05, 3.63) is 0 Å². The number of likely N-dealkylation sites (tertiary alicyclic amines) is 1. The fraction of sp³-hybridized carbons (Fsp3) is 0.917. The maximum atomic E-state index is 12.9. The van der Waals surface area contributed by atoms with E-state index >= 15 is 0 Å². The molecule has 1 saturated carbocycles. The Bertz CT molecular complexity index is 321. The minimum atomic E-state index is -4.26. The Kier molecular flexibility index (Phi) is 4.09. The molecule has 0 spiro atoms. The van der Waals surface area contributed by atoms with Gasteiger partial charge in [0, 0.05) is 19.0 Å². The lowest BCUT2D eigenvalue weighted by molar-refractivity contribution is -0.200. The highest BCUT2D eigenvalue weighted by Crippen LogP contribution is 2.42. The predicted octanol–water partition coefficient (Wildman–Crippen LogP) is 3.19. The van der Waals surface area contributed by atoms with Crippen molar-refractivity contribution in [1.29, 1.82) is 0 Å². The molecule has 0 bridgehead atoms. The van der Waals surface area contributed by atoms with Crippen LogP contribution >= 0.6 is 11.6 Å². The summed E-state index contributed by atoms with van der Waals surface area (Å²) >= 11 is 5.90. The molecule has 1 aliphatic heterocycles. The van der Waals surface area contributed by atoms with Gasteiger partial charge < -0.3 is 4.90 Å². The molecule has 18 heavy (non-hydrogen) atoms. The number of carbonyl (C=O) groups excluding carboxylic acids is 1. The molecule has 3 atom stereocenters. The van der Waals surface area contributed by atoms with Gasteiger partial charge in [-0.3, -0.25) is 4.79 Å². The molecular formula is C12H17ClF3NO. The maximum absolute atomic E-state index is 12.9. The van der Waals surface area contributed by atoms with Crippen LogP contribution in [0.3, 0.4) is 0 Å². The average molecular weight is 284 g/mol. The molecule has 2 rings (SSSR count). The maximum Gasteiger partial charge on any atom is 0.392 e. The summed E-state index contributed by atoms with van der Waals surface area (Å²) in [6, 6.07) is 0. The Balaban J connectivity index is 2.07. The molecule has 6 heteroatoms. The normalized spacial score (nSPS) is 33.8. The van der Waals surface area contributed by atoms with Crippen molar-refractivity contribution in [2.24, 2.45) is 11.8 Å². The Morgan fingerprint density at radius 3 is 2.39 bits per heavy atom. The molecule has 1 amide bonds. The van der Waals surface area contributed by atoms with Gasteiger partial charge in [-0.2, -0.15) is 13.2 Å². The lowest BCUT2D eigenvalue weighted by Crippen LogP contribution is -2.44. The highest BCUT2D eigenvalue weighted by atomic mass is 35.5. The van der Waals surface area contributed by atoms with Crippen LogP contribution in [-0.2, 0) is 4.79 Å². The number of amides is 1. The van der Waals surface area contributed by atoms with Gasteiger partial charge in [0.05, 0.1) is 11.3 Å². The van der Waals surface area contributed by atoms with Crippen LogP contribution in [-0.4, -0.2) is 35.4 Å². The summed E-state index contributed by atoms with van der Waals surface area (Å²) < 4.78 is 38.8. The predicted molar refractivity (Wildman–Crippen MR) is 62.3 cm³/mol. The second-order valence-corrected chi connectivity index (χ2v) is 5.83. The summed E-state index contributed by atoms with van der Waals surface area (Å²) in [6.45, 7) is 0.884. The van der Waals surface area contributed by atoms with Crippen LogP contribution in [0.1, 0.15) is 32.1 Å². The first kappa shape index (κ1) is 14.0. The zero-order chi connectivity index (χ0) is 13.3. The van der Waals surface area contributed by atoms with Gasteiger partial charge >= 0.3 is 6.18 Å². The summed E-state index contributed by atoms with van der Waals surface area (Å²) in [6.07, 6.45) is -1.88. The number of nitrogens with zero attached hydrogens (tertiary/aromatic N) is 1. The number of halogens is 4. The lowest BCUT2D eigenvalue weighted by Gasteiger charge is -2.34. The molecule has 2 aliphatic rings. The first-order valence-electron chi connectivity index (χ1n) is 6.39. The van der Waals surface area contributed by atoms with E-state index < -0.39 is 18.0 Å². The molecule has 1 aliphatic carbocycles. The van der Waals surface area contributed by atoms with Crippen LogP contribution in [0.5, 0.6) is 0 Å². The fourth-order valence-corrected chi connectivity index (χ4v) is 3.23. The SMILES string of the molecule is O=C(C1CCCCC1C(F)(F)F)N1CCC(Cl)C1. The standard InChI is InChI=1S/C12H17ClF3NO/c13-8-5-6-17(7-8)11(18)9-3-1-2-4-10(9)12(14,15)16/h8-10H,1-7H2. The zero-order valence-corrected chi connectivity index (χ0v) is 10.8. The lowest BCUT2D eigenvalue weighted by atomic mass is 9.78. The zero-order valence-electron chi connectivity index (χ0n) is 10.0. The van der Waals surface area contributed by atoms with Crippen LogP contribution in [0.2, 0.25) is 0 Å². The second kappa shape index (κ2) is 5.27. The molecule has 3 unspecified atom stereocenters. The van der Waals surface area contributed by atoms with E-state index in [0.717, 1.165) is 0 Å². The molecule has 0 N–H and O–H groups in total. The smallest absolute Gasteiger partial charge is 0.341 e. The Labute approximate surface area is 109 Å². The van der Waals surface area contributed by atoms with Crippen molar-refractivity contribution in [2.45, 2.75) is 43.7 Å². The third-order valence-electron chi connectivity index (χ3n) is 3.95. The highest BCUT2D eigenvalue weighted by molar-refractivity contribution is 6.21. The van der Waals surface area contributed by atoms with E-state index in [1.165, 1.54) is 4.90 Å². The van der Waals surface area contributed by atoms with Crippen LogP contribution in [0.4, 0.5) is 13.2 Å². The first-order valence-corrected chi connectivity index (χ1v) is 6.83. The summed E-state index contributed by atoms with van der Waals surface area (Å²) in [5.41, 5.74) is 0. The van der Waals surface area contributed by atoms with Gasteiger partial charge in [-0.15, -0.1) is 11.6 Å². The van der Waals surface area contributed by atoms with Gasteiger partial charge in [0.15, 0.2) is 0 Å². The Morgan fingerprint density at radius 2 is 1.83 bits per heavy atom. The van der Waals surface area contributed by atoms with Crippen LogP contribution in [0, 0.1) is 11.8 Å². The molecule has 1 heterocycles. The van der Waals surface area contributed by atoms with E-state index in [1.54, 1.807) is 0 Å². The van der Waals surface area contributed by atoms with Crippen molar-refractivity contribution in [1.82, 2.24) is 4.90 Å². The quantitative estimate of drug-likeness (QED) is 0.677. The summed E-state index contributed by atoms with van der Waals surface area (Å²) in [5, 5.41) is -0.109. The number of carbonyl (C=O) groups is 1. The molecule has 2 nitrogen and oxygen atoms in total. The number of hydrogen-bond acceptors (Lipinski definition) is 1. The van der Waals surface area contributed by atoms with E-state index in [4.69, 9.17) is 11.6 Å². The van der Waals surface area contributed by atoms with E-state index in [-0.39, 0.29) is 17.7 Å². The van der Waals surface area contributed by atoms with Gasteiger partial charge in [0.25, 0.3) is 0 Å². The number of hydrogen-bond donors (Lipinski definition) is 0. The largest absolute Gasteiger partial charge is 0.392 e. The minimum absolute atomic E-state index is 0.0814. The summed E-state index contributed by atoms with van der Waals surface area (Å²) in [5.74, 6) is -2.70. The van der Waals surface area contributed by atoms with Crippen molar-refractivity contribution in [3.8, 4) is 0 Å². The number of alkyl halides is 4. The molecule has 0 radical (unpaired) electrons. The monoisotopic (exact) mass is 283 g/mol. The fourth-order valence-electron chi connectivity index (χ4n) is 2.97. The van der Waals surface area contributed by atoms with Gasteiger partial charge in [-0.25, -0.2) is 0 Å². The van der Waals surface area contributed by atoms with Crippen LogP contribution in [0.15, 0.2) is 0 Å².